The molecule has 4 aromatic carbocycles. The molecule has 0 aromatic heterocycles. The van der Waals surface area contributed by atoms with E-state index in [9.17, 15) is 56.0 Å². The molecule has 0 radical (unpaired) electrons. The molecule has 63 heavy (non-hydrogen) atoms. The molecule has 23 heteroatoms. The molecule has 1 saturated carbocycles. The Morgan fingerprint density at radius 2 is 1.25 bits per heavy atom. The van der Waals surface area contributed by atoms with Gasteiger partial charge in [0.25, 0.3) is 0 Å². The van der Waals surface area contributed by atoms with Crippen LogP contribution >= 0.6 is 23.2 Å². The van der Waals surface area contributed by atoms with Gasteiger partial charge in [-0.2, -0.15) is 21.6 Å². The molecule has 4 atom stereocenters. The Labute approximate surface area is 371 Å². The molecule has 7 rings (SSSR count). The minimum atomic E-state index is -4.49. The normalized spacial score (nSPS) is 23.7. The number of esters is 1. The lowest BCUT2D eigenvalue weighted by Crippen LogP contribution is -2.55. The number of halogens is 6. The van der Waals surface area contributed by atoms with Gasteiger partial charge >= 0.3 is 26.4 Å². The van der Waals surface area contributed by atoms with Crippen molar-refractivity contribution in [3.8, 4) is 0 Å². The second-order valence-electron chi connectivity index (χ2n) is 15.0. The van der Waals surface area contributed by atoms with E-state index in [2.05, 4.69) is 4.72 Å². The summed E-state index contributed by atoms with van der Waals surface area (Å²) < 4.78 is 173. The first-order valence-corrected chi connectivity index (χ1v) is 25.6. The van der Waals surface area contributed by atoms with Crippen LogP contribution in [0.25, 0.3) is 0 Å². The minimum Gasteiger partial charge on any atom is -0.466 e. The number of carbonyl (C=O) groups is 1. The zero-order chi connectivity index (χ0) is 46.3. The lowest BCUT2D eigenvalue weighted by Gasteiger charge is -2.45. The molecule has 3 aliphatic rings. The summed E-state index contributed by atoms with van der Waals surface area (Å²) in [6.07, 6.45) is -0.836. The van der Waals surface area contributed by atoms with Crippen molar-refractivity contribution < 1.29 is 69.1 Å². The molecule has 2 aliphatic carbocycles. The number of rotatable bonds is 9. The lowest BCUT2D eigenvalue weighted by molar-refractivity contribution is -0.136. The number of allylic oxidation sites excluding steroid dienone is 1. The van der Waals surface area contributed by atoms with Crippen molar-refractivity contribution in [3.63, 3.8) is 0 Å². The Kier molecular flexibility index (Phi) is 13.9. The van der Waals surface area contributed by atoms with E-state index in [1.807, 2.05) is 0 Å². The van der Waals surface area contributed by atoms with E-state index in [0.29, 0.717) is 5.02 Å². The Hall–Kier alpha value is -4.09. The van der Waals surface area contributed by atoms with Gasteiger partial charge in [0.2, 0.25) is 0 Å². The van der Waals surface area contributed by atoms with E-state index in [0.717, 1.165) is 49.8 Å². The fraction of sp³-hybridized carbons (Fsp3) is 0.325. The van der Waals surface area contributed by atoms with E-state index >= 15 is 0 Å². The Balaban J connectivity index is 0.000000210. The maximum atomic E-state index is 15.0. The van der Waals surface area contributed by atoms with Crippen molar-refractivity contribution in [3.05, 3.63) is 141 Å². The molecule has 0 bridgehead atoms. The van der Waals surface area contributed by atoms with Crippen LogP contribution < -0.4 is 4.72 Å². The Morgan fingerprint density at radius 1 is 0.762 bits per heavy atom. The van der Waals surface area contributed by atoms with Gasteiger partial charge in [-0.1, -0.05) is 23.2 Å². The van der Waals surface area contributed by atoms with Crippen LogP contribution in [0.1, 0.15) is 49.7 Å². The molecule has 0 spiro atoms. The van der Waals surface area contributed by atoms with E-state index in [1.54, 1.807) is 0 Å². The molecule has 340 valence electrons. The van der Waals surface area contributed by atoms with Crippen LogP contribution in [-0.2, 0) is 67.5 Å². The number of benzene rings is 4. The summed E-state index contributed by atoms with van der Waals surface area (Å²) in [5.41, 5.74) is -1.18. The molecule has 1 N–H and O–H groups in total. The third-order valence-corrected chi connectivity index (χ3v) is 18.2. The van der Waals surface area contributed by atoms with Crippen LogP contribution in [0.2, 0.25) is 10.0 Å². The second-order valence-corrected chi connectivity index (χ2v) is 23.3. The number of methoxy groups -OCH3 is 1. The third kappa shape index (κ3) is 9.80. The number of fused-ring (bicyclic) bond motifs is 1. The molecule has 0 amide bonds. The zero-order valence-corrected chi connectivity index (χ0v) is 37.8. The predicted octanol–water partition coefficient (Wildman–Crippen LogP) is 7.20. The number of hydrogen-bond acceptors (Lipinski definition) is 12. The molecule has 1 saturated heterocycles. The average Bonchev–Trinajstić information content (AvgIpc) is 3.22. The van der Waals surface area contributed by atoms with Crippen LogP contribution in [0.4, 0.5) is 17.6 Å². The fourth-order valence-corrected chi connectivity index (χ4v) is 14.4. The van der Waals surface area contributed by atoms with E-state index in [1.165, 1.54) is 48.5 Å². The number of nitrogens with one attached hydrogen (secondary N) is 1. The molecule has 4 aromatic rings. The van der Waals surface area contributed by atoms with E-state index in [4.69, 9.17) is 36.3 Å². The third-order valence-electron chi connectivity index (χ3n) is 11.1. The Morgan fingerprint density at radius 3 is 1.75 bits per heavy atom. The van der Waals surface area contributed by atoms with Crippen molar-refractivity contribution in [2.24, 2.45) is 5.92 Å². The highest BCUT2D eigenvalue weighted by Gasteiger charge is 2.55. The van der Waals surface area contributed by atoms with Gasteiger partial charge in [0.15, 0.2) is 19.7 Å². The van der Waals surface area contributed by atoms with Gasteiger partial charge in [-0.05, 0) is 111 Å². The van der Waals surface area contributed by atoms with Crippen LogP contribution in [0.15, 0.2) is 106 Å². The first-order chi connectivity index (χ1) is 29.3. The fourth-order valence-electron chi connectivity index (χ4n) is 8.15. The molecular weight excluding hydrogens is 962 g/mol. The summed E-state index contributed by atoms with van der Waals surface area (Å²) in [5.74, 6) is -5.41. The molecule has 13 nitrogen and oxygen atoms in total. The second kappa shape index (κ2) is 18.1. The van der Waals surface area contributed by atoms with Crippen molar-refractivity contribution in [2.75, 3.05) is 20.0 Å². The first-order valence-electron chi connectivity index (χ1n) is 18.6. The van der Waals surface area contributed by atoms with Crippen LogP contribution in [0.5, 0.6) is 0 Å². The quantitative estimate of drug-likeness (QED) is 0.101. The first kappa shape index (κ1) is 48.4. The van der Waals surface area contributed by atoms with Gasteiger partial charge in [-0.25, -0.2) is 39.2 Å². The maximum absolute atomic E-state index is 15.0. The Bertz CT molecular complexity index is 2920. The van der Waals surface area contributed by atoms with Crippen molar-refractivity contribution in [1.82, 2.24) is 4.72 Å². The highest BCUT2D eigenvalue weighted by Crippen LogP contribution is 2.52. The topological polar surface area (TPSA) is 193 Å². The number of hydrogen-bond donors (Lipinski definition) is 1. The number of ether oxygens (including phenoxy) is 1. The summed E-state index contributed by atoms with van der Waals surface area (Å²) in [6, 6.07) is 15.1. The maximum Gasteiger partial charge on any atom is 0.337 e. The monoisotopic (exact) mass is 997 g/mol. The molecule has 2 fully saturated rings. The largest absolute Gasteiger partial charge is 0.466 e. The predicted molar refractivity (Wildman–Crippen MR) is 221 cm³/mol. The summed E-state index contributed by atoms with van der Waals surface area (Å²) in [6.45, 7) is -0.241. The van der Waals surface area contributed by atoms with Gasteiger partial charge in [-0.3, -0.25) is 4.18 Å². The lowest BCUT2D eigenvalue weighted by atomic mass is 9.74. The molecular formula is C40H37Cl2F4NO12S4. The highest BCUT2D eigenvalue weighted by atomic mass is 35.5. The van der Waals surface area contributed by atoms with Crippen molar-refractivity contribution in [2.45, 2.75) is 63.9 Å². The summed E-state index contributed by atoms with van der Waals surface area (Å²) >= 11 is 11.7. The molecule has 1 heterocycles. The number of sulfone groups is 2. The average molecular weight is 999 g/mol. The molecule has 0 unspecified atom stereocenters. The van der Waals surface area contributed by atoms with Crippen LogP contribution in [0, 0.1) is 29.2 Å². The van der Waals surface area contributed by atoms with Gasteiger partial charge in [0.1, 0.15) is 38.5 Å². The highest BCUT2D eigenvalue weighted by molar-refractivity contribution is 7.92. The summed E-state index contributed by atoms with van der Waals surface area (Å²) in [4.78, 5) is 12.2. The standard InChI is InChI=1S/C21H19ClF2O7S2.C19H18ClF2NO5S2/c1-30-20(25)16-12-21(10-9-19(16)31-32(2,26)27,17-11-14(23)5-8-18(17)24)33(28,29)15-6-3-13(22)4-7-15;20-13-1-4-15(5-2-13)29(24,25)19(16-9-14(21)3-6-17(16)22)8-7-18-12(10-19)11-28-30(26,27)23-18/h3-8,11H,9-10,12H2,1-2H3;1-6,9,12,18,23H,7-8,10-11H2/t21-;12-,18-,19+/m10/s1. The van der Waals surface area contributed by atoms with E-state index < -0.39 is 115 Å². The van der Waals surface area contributed by atoms with Crippen molar-refractivity contribution >= 4 is 69.3 Å². The van der Waals surface area contributed by atoms with Gasteiger partial charge in [0.05, 0.1) is 35.3 Å². The summed E-state index contributed by atoms with van der Waals surface area (Å²) in [5, 5.41) is 0.585. The molecule has 1 aliphatic heterocycles. The smallest absolute Gasteiger partial charge is 0.337 e. The van der Waals surface area contributed by atoms with Gasteiger partial charge in [-0.15, -0.1) is 0 Å². The van der Waals surface area contributed by atoms with Gasteiger partial charge in [0, 0.05) is 46.0 Å². The van der Waals surface area contributed by atoms with E-state index in [-0.39, 0.29) is 58.4 Å². The zero-order valence-electron chi connectivity index (χ0n) is 33.0. The van der Waals surface area contributed by atoms with Crippen LogP contribution in [0.3, 0.4) is 0 Å². The minimum absolute atomic E-state index is 0.0775. The van der Waals surface area contributed by atoms with Gasteiger partial charge < -0.3 is 8.92 Å². The SMILES string of the molecule is COC(=O)C1=C(OS(C)(=O)=O)CC[C@@](c2cc(F)ccc2F)(S(=O)(=O)c2ccc(Cl)cc2)C1.O=S1(=O)N[C@H]2CC[C@@](c3cc(F)ccc3F)(S(=O)(=O)c3ccc(Cl)cc3)C[C@H]2CO1. The summed E-state index contributed by atoms with van der Waals surface area (Å²) in [7, 11) is -15.7. The van der Waals surface area contributed by atoms with Crippen molar-refractivity contribution in [1.29, 1.82) is 0 Å². The number of carbonyl (C=O) groups excluding carboxylic acids is 1. The van der Waals surface area contributed by atoms with Crippen LogP contribution in [-0.4, -0.2) is 65.7 Å².